The highest BCUT2D eigenvalue weighted by molar-refractivity contribution is 6.39. The Morgan fingerprint density at radius 1 is 0.824 bits per heavy atom. The fraction of sp³-hybridized carbons (Fsp3) is 0.0800. The number of carbonyl (C=O) groups is 2. The number of nitrogens with one attached hydrogen (secondary N) is 3. The second-order valence-corrected chi connectivity index (χ2v) is 7.71. The third kappa shape index (κ3) is 4.02. The summed E-state index contributed by atoms with van der Waals surface area (Å²) in [6.45, 7) is 0. The van der Waals surface area contributed by atoms with Crippen LogP contribution in [0.25, 0.3) is 10.8 Å². The first kappa shape index (κ1) is 21.1. The number of anilines is 1. The molecule has 3 N–H and O–H groups in total. The van der Waals surface area contributed by atoms with Crippen LogP contribution in [0.4, 0.5) is 5.69 Å². The van der Waals surface area contributed by atoms with Gasteiger partial charge in [-0.2, -0.15) is 10.2 Å². The maximum absolute atomic E-state index is 12.9. The van der Waals surface area contributed by atoms with Crippen molar-refractivity contribution in [2.24, 2.45) is 5.10 Å². The number of amides is 2. The van der Waals surface area contributed by atoms with Crippen LogP contribution in [0.1, 0.15) is 28.5 Å². The number of carbonyl (C=O) groups excluding carboxylic acids is 2. The van der Waals surface area contributed by atoms with Gasteiger partial charge in [0, 0.05) is 11.8 Å². The molecule has 3 aromatic carbocycles. The number of aromatic nitrogens is 2. The number of aromatic amines is 1. The van der Waals surface area contributed by atoms with Gasteiger partial charge in [0.2, 0.25) is 0 Å². The molecule has 1 atom stereocenters. The van der Waals surface area contributed by atoms with E-state index in [1.165, 1.54) is 0 Å². The normalized spacial score (nSPS) is 15.1. The fourth-order valence-corrected chi connectivity index (χ4v) is 3.93. The Kier molecular flexibility index (Phi) is 5.57. The van der Waals surface area contributed by atoms with Gasteiger partial charge in [0.1, 0.15) is 5.71 Å². The number of hydrogen-bond acceptors (Lipinski definition) is 6. The van der Waals surface area contributed by atoms with Crippen molar-refractivity contribution >= 4 is 34.0 Å². The van der Waals surface area contributed by atoms with Crippen molar-refractivity contribution < 1.29 is 9.59 Å². The third-order valence-corrected chi connectivity index (χ3v) is 5.58. The van der Waals surface area contributed by atoms with E-state index in [-0.39, 0.29) is 17.4 Å². The molecule has 0 saturated heterocycles. The number of benzene rings is 3. The molecule has 9 heteroatoms. The fourth-order valence-electron chi connectivity index (χ4n) is 3.93. The summed E-state index contributed by atoms with van der Waals surface area (Å²) >= 11 is 0. The van der Waals surface area contributed by atoms with E-state index in [2.05, 4.69) is 26.2 Å². The van der Waals surface area contributed by atoms with Gasteiger partial charge in [-0.3, -0.25) is 30.2 Å². The van der Waals surface area contributed by atoms with E-state index in [9.17, 15) is 14.4 Å². The van der Waals surface area contributed by atoms with E-state index in [1.54, 1.807) is 24.3 Å². The Morgan fingerprint density at radius 3 is 2.18 bits per heavy atom. The highest BCUT2D eigenvalue weighted by Gasteiger charge is 2.32. The highest BCUT2D eigenvalue weighted by Crippen LogP contribution is 2.34. The van der Waals surface area contributed by atoms with Crippen molar-refractivity contribution in [3.63, 3.8) is 0 Å². The van der Waals surface area contributed by atoms with Gasteiger partial charge in [-0.1, -0.05) is 66.7 Å². The smallest absolute Gasteiger partial charge is 0.267 e. The number of hydrazone groups is 1. The lowest BCUT2D eigenvalue weighted by Crippen LogP contribution is -2.45. The van der Waals surface area contributed by atoms with E-state index in [0.29, 0.717) is 17.2 Å². The molecule has 5 rings (SSSR count). The lowest BCUT2D eigenvalue weighted by atomic mass is 10.0. The number of nitrogens with zero attached hydrogens (tertiary/aromatic N) is 3. The molecule has 1 aliphatic heterocycles. The van der Waals surface area contributed by atoms with Crippen molar-refractivity contribution in [3.8, 4) is 0 Å². The maximum atomic E-state index is 12.9. The summed E-state index contributed by atoms with van der Waals surface area (Å²) in [7, 11) is 0. The molecule has 0 saturated carbocycles. The van der Waals surface area contributed by atoms with Gasteiger partial charge in [-0.05, 0) is 23.8 Å². The predicted molar refractivity (Wildman–Crippen MR) is 128 cm³/mol. The molecule has 0 bridgehead atoms. The topological polar surface area (TPSA) is 120 Å². The van der Waals surface area contributed by atoms with Crippen LogP contribution in [-0.2, 0) is 4.79 Å². The zero-order valence-corrected chi connectivity index (χ0v) is 17.9. The molecule has 34 heavy (non-hydrogen) atoms. The van der Waals surface area contributed by atoms with Crippen molar-refractivity contribution in [1.82, 2.24) is 21.0 Å². The molecule has 168 valence electrons. The number of rotatable bonds is 4. The summed E-state index contributed by atoms with van der Waals surface area (Å²) < 4.78 is 0. The molecular formula is C25H20N6O3. The molecule has 4 aromatic rings. The number of hydrazine groups is 1. The van der Waals surface area contributed by atoms with Gasteiger partial charge in [0.15, 0.2) is 5.69 Å². The Labute approximate surface area is 194 Å². The number of hydrogen-bond donors (Lipinski definition) is 3. The van der Waals surface area contributed by atoms with Gasteiger partial charge >= 0.3 is 0 Å². The zero-order valence-electron chi connectivity index (χ0n) is 17.9. The second-order valence-electron chi connectivity index (χ2n) is 7.71. The Morgan fingerprint density at radius 2 is 1.44 bits per heavy atom. The first-order valence-corrected chi connectivity index (χ1v) is 10.7. The molecule has 0 spiro atoms. The van der Waals surface area contributed by atoms with Gasteiger partial charge < -0.3 is 0 Å². The van der Waals surface area contributed by atoms with Crippen molar-refractivity contribution in [3.05, 3.63) is 107 Å². The van der Waals surface area contributed by atoms with E-state index in [1.807, 2.05) is 65.7 Å². The van der Waals surface area contributed by atoms with Crippen LogP contribution >= 0.6 is 0 Å². The maximum Gasteiger partial charge on any atom is 0.290 e. The van der Waals surface area contributed by atoms with Crippen molar-refractivity contribution in [1.29, 1.82) is 0 Å². The quantitative estimate of drug-likeness (QED) is 0.411. The minimum Gasteiger partial charge on any atom is -0.267 e. The number of para-hydroxylation sites is 1. The van der Waals surface area contributed by atoms with E-state index >= 15 is 0 Å². The summed E-state index contributed by atoms with van der Waals surface area (Å²) in [5.74, 6) is -1.18. The number of fused-ring (bicyclic) bond motifs is 1. The Hall–Kier alpha value is -4.79. The van der Waals surface area contributed by atoms with Crippen LogP contribution < -0.4 is 21.4 Å². The van der Waals surface area contributed by atoms with Crippen molar-refractivity contribution in [2.45, 2.75) is 12.5 Å². The molecule has 0 aliphatic carbocycles. The van der Waals surface area contributed by atoms with Gasteiger partial charge in [0.05, 0.1) is 17.1 Å². The van der Waals surface area contributed by atoms with Gasteiger partial charge in [0.25, 0.3) is 17.4 Å². The SMILES string of the molecule is O=C(NNC(=O)c1n[nH]c(=O)c2ccccc12)C1=NN(c2ccccc2)C(c2ccccc2)C1. The van der Waals surface area contributed by atoms with Crippen LogP contribution in [0.15, 0.2) is 94.8 Å². The van der Waals surface area contributed by atoms with E-state index in [4.69, 9.17) is 0 Å². The van der Waals surface area contributed by atoms with Crippen LogP contribution in [0.5, 0.6) is 0 Å². The average molecular weight is 452 g/mol. The molecule has 1 aliphatic rings. The average Bonchev–Trinajstić information content (AvgIpc) is 3.34. The van der Waals surface area contributed by atoms with E-state index in [0.717, 1.165) is 11.3 Å². The first-order chi connectivity index (χ1) is 16.6. The predicted octanol–water partition coefficient (Wildman–Crippen LogP) is 2.69. The lowest BCUT2D eigenvalue weighted by Gasteiger charge is -2.23. The third-order valence-electron chi connectivity index (χ3n) is 5.58. The lowest BCUT2D eigenvalue weighted by molar-refractivity contribution is -0.115. The van der Waals surface area contributed by atoms with Crippen molar-refractivity contribution in [2.75, 3.05) is 5.01 Å². The molecule has 9 nitrogen and oxygen atoms in total. The summed E-state index contributed by atoms with van der Waals surface area (Å²) in [5.41, 5.74) is 6.54. The Bertz CT molecular complexity index is 1450. The van der Waals surface area contributed by atoms with Crippen LogP contribution in [0.2, 0.25) is 0 Å². The molecule has 1 aromatic heterocycles. The van der Waals surface area contributed by atoms with Gasteiger partial charge in [-0.15, -0.1) is 0 Å². The standard InChI is InChI=1S/C25H20N6O3/c32-23-19-14-8-7-13-18(19)22(26-27-23)25(34)29-28-24(33)20-15-21(16-9-3-1-4-10-16)31(30-20)17-11-5-2-6-12-17/h1-14,21H,15H2,(H,27,32)(H,28,33)(H,29,34). The molecule has 0 fully saturated rings. The van der Waals surface area contributed by atoms with Crippen LogP contribution in [-0.4, -0.2) is 27.7 Å². The summed E-state index contributed by atoms with van der Waals surface area (Å²) in [5, 5.41) is 13.2. The first-order valence-electron chi connectivity index (χ1n) is 10.7. The van der Waals surface area contributed by atoms with E-state index < -0.39 is 17.4 Å². The second kappa shape index (κ2) is 8.99. The number of H-pyrrole nitrogens is 1. The zero-order chi connectivity index (χ0) is 23.5. The minimum atomic E-state index is -0.654. The van der Waals surface area contributed by atoms with Crippen LogP contribution in [0.3, 0.4) is 0 Å². The summed E-state index contributed by atoms with van der Waals surface area (Å²) in [6, 6.07) is 25.8. The minimum absolute atomic E-state index is 0.00284. The molecule has 1 unspecified atom stereocenters. The molecule has 2 amide bonds. The monoisotopic (exact) mass is 452 g/mol. The van der Waals surface area contributed by atoms with Gasteiger partial charge in [-0.25, -0.2) is 5.10 Å². The Balaban J connectivity index is 1.35. The van der Waals surface area contributed by atoms with Crippen LogP contribution in [0, 0.1) is 0 Å². The highest BCUT2D eigenvalue weighted by atomic mass is 16.2. The molecule has 2 heterocycles. The molecule has 0 radical (unpaired) electrons. The largest absolute Gasteiger partial charge is 0.290 e. The summed E-state index contributed by atoms with van der Waals surface area (Å²) in [4.78, 5) is 37.5. The molecular weight excluding hydrogens is 432 g/mol. The summed E-state index contributed by atoms with van der Waals surface area (Å²) in [6.07, 6.45) is 0.362.